The average molecular weight is 423 g/mol. The molecule has 170 valence electrons. The van der Waals surface area contributed by atoms with E-state index in [1.807, 2.05) is 30.6 Å². The van der Waals surface area contributed by atoms with E-state index >= 15 is 0 Å². The Labute approximate surface area is 180 Å². The monoisotopic (exact) mass is 422 g/mol. The molecule has 3 aliphatic rings. The van der Waals surface area contributed by atoms with Gasteiger partial charge in [-0.1, -0.05) is 0 Å². The highest BCUT2D eigenvalue weighted by Gasteiger charge is 2.35. The zero-order valence-electron chi connectivity index (χ0n) is 19.1. The maximum atomic E-state index is 13.0. The molecule has 0 radical (unpaired) electrons. The molecule has 0 aromatic heterocycles. The third-order valence-electron chi connectivity index (χ3n) is 6.47. The van der Waals surface area contributed by atoms with E-state index in [0.29, 0.717) is 39.0 Å². The minimum atomic E-state index is -0.504. The molecule has 0 saturated carbocycles. The lowest BCUT2D eigenvalue weighted by Crippen LogP contribution is -2.51. The SMILES string of the molecule is CN1CCN(C(=O)C2CCN(C(=O)C3CCN(C(=O)OC(C)(C)C)CC3)CC2)CC1. The van der Waals surface area contributed by atoms with E-state index in [9.17, 15) is 14.4 Å². The molecule has 0 spiro atoms. The van der Waals surface area contributed by atoms with Crippen LogP contribution in [-0.4, -0.2) is 103 Å². The van der Waals surface area contributed by atoms with Gasteiger partial charge in [-0.25, -0.2) is 4.79 Å². The molecule has 3 saturated heterocycles. The molecule has 0 N–H and O–H groups in total. The van der Waals surface area contributed by atoms with Crippen LogP contribution in [-0.2, 0) is 14.3 Å². The van der Waals surface area contributed by atoms with Crippen LogP contribution in [0, 0.1) is 11.8 Å². The summed E-state index contributed by atoms with van der Waals surface area (Å²) in [5.74, 6) is 0.463. The van der Waals surface area contributed by atoms with Crippen LogP contribution in [0.4, 0.5) is 4.79 Å². The van der Waals surface area contributed by atoms with Crippen LogP contribution in [0.3, 0.4) is 0 Å². The molecule has 3 heterocycles. The van der Waals surface area contributed by atoms with Crippen LogP contribution in [0.5, 0.6) is 0 Å². The summed E-state index contributed by atoms with van der Waals surface area (Å²) < 4.78 is 5.43. The molecule has 8 heteroatoms. The summed E-state index contributed by atoms with van der Waals surface area (Å²) in [4.78, 5) is 45.8. The third kappa shape index (κ3) is 5.86. The zero-order valence-corrected chi connectivity index (χ0v) is 19.1. The Hall–Kier alpha value is -1.83. The Morgan fingerprint density at radius 1 is 0.667 bits per heavy atom. The molecule has 0 aromatic rings. The number of nitrogens with zero attached hydrogens (tertiary/aromatic N) is 4. The number of piperidine rings is 2. The molecule has 3 amide bonds. The lowest BCUT2D eigenvalue weighted by Gasteiger charge is -2.39. The van der Waals surface area contributed by atoms with Gasteiger partial charge in [0.15, 0.2) is 0 Å². The Balaban J connectivity index is 1.41. The Kier molecular flexibility index (Phi) is 7.26. The van der Waals surface area contributed by atoms with E-state index in [2.05, 4.69) is 11.9 Å². The summed E-state index contributed by atoms with van der Waals surface area (Å²) in [5, 5.41) is 0. The van der Waals surface area contributed by atoms with E-state index < -0.39 is 5.60 Å². The first-order valence-corrected chi connectivity index (χ1v) is 11.4. The molecule has 0 bridgehead atoms. The fourth-order valence-corrected chi connectivity index (χ4v) is 4.53. The van der Waals surface area contributed by atoms with Crippen LogP contribution in [0.25, 0.3) is 0 Å². The molecule has 3 fully saturated rings. The maximum absolute atomic E-state index is 13.0. The van der Waals surface area contributed by atoms with Crippen molar-refractivity contribution in [1.29, 1.82) is 0 Å². The van der Waals surface area contributed by atoms with E-state index in [1.54, 1.807) is 4.90 Å². The second kappa shape index (κ2) is 9.54. The van der Waals surface area contributed by atoms with Gasteiger partial charge in [-0.05, 0) is 53.5 Å². The van der Waals surface area contributed by atoms with Crippen molar-refractivity contribution in [2.24, 2.45) is 11.8 Å². The molecular weight excluding hydrogens is 384 g/mol. The van der Waals surface area contributed by atoms with E-state index in [1.165, 1.54) is 0 Å². The molecule has 0 aliphatic carbocycles. The Morgan fingerprint density at radius 2 is 1.07 bits per heavy atom. The molecule has 8 nitrogen and oxygen atoms in total. The minimum absolute atomic E-state index is 0.0337. The number of carbonyl (C=O) groups excluding carboxylic acids is 3. The Bertz CT molecular complexity index is 624. The van der Waals surface area contributed by atoms with Crippen molar-refractivity contribution >= 4 is 17.9 Å². The normalized spacial score (nSPS) is 22.9. The topological polar surface area (TPSA) is 73.4 Å². The van der Waals surface area contributed by atoms with Gasteiger partial charge in [-0.2, -0.15) is 0 Å². The molecule has 0 atom stereocenters. The van der Waals surface area contributed by atoms with Gasteiger partial charge in [-0.15, -0.1) is 0 Å². The first-order chi connectivity index (χ1) is 14.1. The second-order valence-electron chi connectivity index (χ2n) is 9.97. The van der Waals surface area contributed by atoms with Gasteiger partial charge in [0, 0.05) is 64.2 Å². The van der Waals surface area contributed by atoms with Crippen LogP contribution in [0.15, 0.2) is 0 Å². The molecular formula is C22H38N4O4. The van der Waals surface area contributed by atoms with Gasteiger partial charge in [0.1, 0.15) is 5.60 Å². The van der Waals surface area contributed by atoms with Crippen LogP contribution >= 0.6 is 0 Å². The van der Waals surface area contributed by atoms with Crippen LogP contribution < -0.4 is 0 Å². The van der Waals surface area contributed by atoms with E-state index in [4.69, 9.17) is 4.74 Å². The lowest BCUT2D eigenvalue weighted by atomic mass is 9.91. The Morgan fingerprint density at radius 3 is 1.50 bits per heavy atom. The summed E-state index contributed by atoms with van der Waals surface area (Å²) in [5.41, 5.74) is -0.504. The van der Waals surface area contributed by atoms with Crippen LogP contribution in [0.2, 0.25) is 0 Å². The van der Waals surface area contributed by atoms with Crippen molar-refractivity contribution in [2.75, 3.05) is 59.4 Å². The van der Waals surface area contributed by atoms with Crippen molar-refractivity contribution in [1.82, 2.24) is 19.6 Å². The number of hydrogen-bond donors (Lipinski definition) is 0. The van der Waals surface area contributed by atoms with E-state index in [0.717, 1.165) is 39.0 Å². The number of piperazine rings is 1. The number of ether oxygens (including phenoxy) is 1. The number of likely N-dealkylation sites (tertiary alicyclic amines) is 2. The smallest absolute Gasteiger partial charge is 0.410 e. The minimum Gasteiger partial charge on any atom is -0.444 e. The van der Waals surface area contributed by atoms with Crippen molar-refractivity contribution < 1.29 is 19.1 Å². The quantitative estimate of drug-likeness (QED) is 0.677. The van der Waals surface area contributed by atoms with Crippen molar-refractivity contribution in [3.05, 3.63) is 0 Å². The zero-order chi connectivity index (χ0) is 21.9. The summed E-state index contributed by atoms with van der Waals surface area (Å²) in [7, 11) is 2.09. The lowest BCUT2D eigenvalue weighted by molar-refractivity contribution is -0.144. The molecule has 30 heavy (non-hydrogen) atoms. The number of likely N-dealkylation sites (N-methyl/N-ethyl adjacent to an activating group) is 1. The van der Waals surface area contributed by atoms with Gasteiger partial charge >= 0.3 is 6.09 Å². The summed E-state index contributed by atoms with van der Waals surface area (Å²) >= 11 is 0. The maximum Gasteiger partial charge on any atom is 0.410 e. The van der Waals surface area contributed by atoms with E-state index in [-0.39, 0.29) is 29.7 Å². The molecule has 0 aromatic carbocycles. The molecule has 3 aliphatic heterocycles. The predicted octanol–water partition coefficient (Wildman–Crippen LogP) is 1.65. The number of amides is 3. The van der Waals surface area contributed by atoms with Gasteiger partial charge in [0.2, 0.25) is 11.8 Å². The van der Waals surface area contributed by atoms with Crippen LogP contribution in [0.1, 0.15) is 46.5 Å². The molecule has 0 unspecified atom stereocenters. The summed E-state index contributed by atoms with van der Waals surface area (Å²) in [6, 6.07) is 0. The first-order valence-electron chi connectivity index (χ1n) is 11.4. The number of rotatable bonds is 2. The van der Waals surface area contributed by atoms with Gasteiger partial charge in [0.05, 0.1) is 0 Å². The van der Waals surface area contributed by atoms with Gasteiger partial charge in [0.25, 0.3) is 0 Å². The number of carbonyl (C=O) groups is 3. The molecule has 3 rings (SSSR count). The third-order valence-corrected chi connectivity index (χ3v) is 6.47. The van der Waals surface area contributed by atoms with Gasteiger partial charge < -0.3 is 24.3 Å². The largest absolute Gasteiger partial charge is 0.444 e. The first kappa shape index (κ1) is 22.8. The fraction of sp³-hybridized carbons (Fsp3) is 0.864. The second-order valence-corrected chi connectivity index (χ2v) is 9.97. The highest BCUT2D eigenvalue weighted by Crippen LogP contribution is 2.26. The fourth-order valence-electron chi connectivity index (χ4n) is 4.53. The summed E-state index contributed by atoms with van der Waals surface area (Å²) in [6.07, 6.45) is 2.58. The van der Waals surface area contributed by atoms with Crippen molar-refractivity contribution in [3.8, 4) is 0 Å². The highest BCUT2D eigenvalue weighted by molar-refractivity contribution is 5.81. The number of hydrogen-bond acceptors (Lipinski definition) is 5. The van der Waals surface area contributed by atoms with Gasteiger partial charge in [-0.3, -0.25) is 9.59 Å². The summed E-state index contributed by atoms with van der Waals surface area (Å²) in [6.45, 7) is 11.5. The van der Waals surface area contributed by atoms with Crippen molar-refractivity contribution in [2.45, 2.75) is 52.1 Å². The van der Waals surface area contributed by atoms with Crippen molar-refractivity contribution in [3.63, 3.8) is 0 Å². The average Bonchev–Trinajstić information content (AvgIpc) is 2.72. The highest BCUT2D eigenvalue weighted by atomic mass is 16.6. The predicted molar refractivity (Wildman–Crippen MR) is 114 cm³/mol. The standard InChI is InChI=1S/C22H38N4O4/c1-22(2,3)30-21(29)26-11-7-18(8-12-26)19(27)24-9-5-17(6-10-24)20(28)25-15-13-23(4)14-16-25/h17-18H,5-16H2,1-4H3.